The van der Waals surface area contributed by atoms with E-state index in [1.807, 2.05) is 6.07 Å². The lowest BCUT2D eigenvalue weighted by Crippen LogP contribution is -2.06. The van der Waals surface area contributed by atoms with Crippen LogP contribution in [0.2, 0.25) is 0 Å². The number of pyridine rings is 1. The highest BCUT2D eigenvalue weighted by atomic mass is 16.5. The van der Waals surface area contributed by atoms with Gasteiger partial charge in [-0.2, -0.15) is 0 Å². The highest BCUT2D eigenvalue weighted by molar-refractivity contribution is 5.53. The maximum absolute atomic E-state index is 5.29. The minimum Gasteiger partial charge on any atom is -0.493 e. The Kier molecular flexibility index (Phi) is 2.77. The summed E-state index contributed by atoms with van der Waals surface area (Å²) in [6.07, 6.45) is 9.60. The number of hydrogen-bond donors (Lipinski definition) is 1. The molecule has 0 amide bonds. The fourth-order valence-electron chi connectivity index (χ4n) is 1.37. The lowest BCUT2D eigenvalue weighted by Gasteiger charge is -2.09. The second kappa shape index (κ2) is 4.22. The molecule has 0 spiro atoms. The van der Waals surface area contributed by atoms with E-state index in [9.17, 15) is 0 Å². The average molecular weight is 202 g/mol. The summed E-state index contributed by atoms with van der Waals surface area (Å²) < 4.78 is 5.22. The van der Waals surface area contributed by atoms with Crippen molar-refractivity contribution in [2.45, 2.75) is 12.8 Å². The fourth-order valence-corrected chi connectivity index (χ4v) is 1.37. The van der Waals surface area contributed by atoms with Crippen molar-refractivity contribution in [1.29, 1.82) is 0 Å². The number of anilines is 1. The smallest absolute Gasteiger partial charge is 0.168 e. The first kappa shape index (κ1) is 9.85. The van der Waals surface area contributed by atoms with Gasteiger partial charge < -0.3 is 10.1 Å². The Hall–Kier alpha value is -1.69. The fraction of sp³-hybridized carbons (Fsp3) is 0.417. The summed E-state index contributed by atoms with van der Waals surface area (Å²) in [5, 5.41) is 3.27. The van der Waals surface area contributed by atoms with E-state index in [0.29, 0.717) is 5.75 Å². The topological polar surface area (TPSA) is 34.2 Å². The number of hydrogen-bond acceptors (Lipinski definition) is 3. The van der Waals surface area contributed by atoms with Crippen LogP contribution in [0.1, 0.15) is 18.4 Å². The largest absolute Gasteiger partial charge is 0.493 e. The van der Waals surface area contributed by atoms with Crippen LogP contribution in [0.15, 0.2) is 12.3 Å². The highest BCUT2D eigenvalue weighted by Crippen LogP contribution is 2.30. The molecule has 0 aliphatic heterocycles. The Morgan fingerprint density at radius 2 is 2.47 bits per heavy atom. The number of rotatable bonds is 4. The van der Waals surface area contributed by atoms with E-state index in [4.69, 9.17) is 11.2 Å². The van der Waals surface area contributed by atoms with Crippen LogP contribution in [0.3, 0.4) is 0 Å². The number of ether oxygens (including phenoxy) is 1. The number of nitrogens with zero attached hydrogens (tertiary/aromatic N) is 1. The predicted molar refractivity (Wildman–Crippen MR) is 59.9 cm³/mol. The Morgan fingerprint density at radius 1 is 1.67 bits per heavy atom. The van der Waals surface area contributed by atoms with Gasteiger partial charge in [-0.1, -0.05) is 5.92 Å². The second-order valence-electron chi connectivity index (χ2n) is 3.74. The number of nitrogens with one attached hydrogen (secondary N) is 1. The summed E-state index contributed by atoms with van der Waals surface area (Å²) in [6.45, 7) is 0.971. The lowest BCUT2D eigenvalue weighted by atomic mass is 10.3. The van der Waals surface area contributed by atoms with Crippen molar-refractivity contribution in [2.75, 3.05) is 19.0 Å². The molecule has 0 bridgehead atoms. The summed E-state index contributed by atoms with van der Waals surface area (Å²) >= 11 is 0. The average Bonchev–Trinajstić information content (AvgIpc) is 3.10. The minimum atomic E-state index is 0.714. The standard InChI is InChI=1S/C12H14N2O/c1-3-9-6-11(15-2)12(13-7-9)14-8-10-4-5-10/h1,6-7,10H,4-5,8H2,2H3,(H,13,14). The normalized spacial score (nSPS) is 14.4. The third-order valence-corrected chi connectivity index (χ3v) is 2.49. The van der Waals surface area contributed by atoms with Crippen LogP contribution in [-0.4, -0.2) is 18.6 Å². The van der Waals surface area contributed by atoms with Crippen molar-refractivity contribution in [3.63, 3.8) is 0 Å². The molecule has 1 heterocycles. The molecule has 0 radical (unpaired) electrons. The van der Waals surface area contributed by atoms with Gasteiger partial charge in [-0.15, -0.1) is 6.42 Å². The van der Waals surface area contributed by atoms with Crippen LogP contribution in [-0.2, 0) is 0 Å². The third kappa shape index (κ3) is 2.41. The van der Waals surface area contributed by atoms with E-state index in [0.717, 1.165) is 23.8 Å². The molecule has 0 atom stereocenters. The number of terminal acetylenes is 1. The molecule has 1 aliphatic rings. The number of methoxy groups -OCH3 is 1. The van der Waals surface area contributed by atoms with Gasteiger partial charge in [0.15, 0.2) is 11.6 Å². The van der Waals surface area contributed by atoms with Crippen molar-refractivity contribution in [3.05, 3.63) is 17.8 Å². The van der Waals surface area contributed by atoms with Crippen LogP contribution < -0.4 is 10.1 Å². The minimum absolute atomic E-state index is 0.714. The molecule has 3 nitrogen and oxygen atoms in total. The van der Waals surface area contributed by atoms with Gasteiger partial charge in [0, 0.05) is 24.4 Å². The molecule has 0 saturated heterocycles. The van der Waals surface area contributed by atoms with Crippen molar-refractivity contribution >= 4 is 5.82 Å². The molecule has 1 saturated carbocycles. The molecule has 1 fully saturated rings. The molecule has 1 aromatic rings. The molecule has 1 aliphatic carbocycles. The van der Waals surface area contributed by atoms with E-state index in [2.05, 4.69) is 16.2 Å². The van der Waals surface area contributed by atoms with Crippen LogP contribution in [0.25, 0.3) is 0 Å². The van der Waals surface area contributed by atoms with Gasteiger partial charge in [-0.05, 0) is 18.8 Å². The third-order valence-electron chi connectivity index (χ3n) is 2.49. The van der Waals surface area contributed by atoms with E-state index in [1.54, 1.807) is 13.3 Å². The molecule has 0 aromatic carbocycles. The molecular formula is C12H14N2O. The quantitative estimate of drug-likeness (QED) is 0.757. The van der Waals surface area contributed by atoms with Gasteiger partial charge in [-0.25, -0.2) is 4.98 Å². The van der Waals surface area contributed by atoms with Crippen molar-refractivity contribution in [2.24, 2.45) is 5.92 Å². The van der Waals surface area contributed by atoms with Gasteiger partial charge in [0.05, 0.1) is 7.11 Å². The molecule has 78 valence electrons. The van der Waals surface area contributed by atoms with Crippen LogP contribution in [0.4, 0.5) is 5.82 Å². The molecule has 0 unspecified atom stereocenters. The number of aromatic nitrogens is 1. The maximum Gasteiger partial charge on any atom is 0.168 e. The Morgan fingerprint density at radius 3 is 3.07 bits per heavy atom. The Bertz CT molecular complexity index is 391. The summed E-state index contributed by atoms with van der Waals surface area (Å²) in [7, 11) is 1.62. The van der Waals surface area contributed by atoms with Gasteiger partial charge in [0.1, 0.15) is 0 Å². The maximum atomic E-state index is 5.29. The highest BCUT2D eigenvalue weighted by Gasteiger charge is 2.21. The molecule has 2 rings (SSSR count). The lowest BCUT2D eigenvalue weighted by molar-refractivity contribution is 0.414. The SMILES string of the molecule is C#Cc1cnc(NCC2CC2)c(OC)c1. The van der Waals surface area contributed by atoms with E-state index < -0.39 is 0 Å². The predicted octanol–water partition coefficient (Wildman–Crippen LogP) is 1.89. The van der Waals surface area contributed by atoms with Crippen LogP contribution >= 0.6 is 0 Å². The van der Waals surface area contributed by atoms with Crippen LogP contribution in [0.5, 0.6) is 5.75 Å². The van der Waals surface area contributed by atoms with Gasteiger partial charge in [0.25, 0.3) is 0 Å². The monoisotopic (exact) mass is 202 g/mol. The van der Waals surface area contributed by atoms with Crippen molar-refractivity contribution in [1.82, 2.24) is 4.98 Å². The molecule has 15 heavy (non-hydrogen) atoms. The summed E-state index contributed by atoms with van der Waals surface area (Å²) in [4.78, 5) is 4.24. The first-order chi connectivity index (χ1) is 7.33. The van der Waals surface area contributed by atoms with Crippen molar-refractivity contribution < 1.29 is 4.74 Å². The molecule has 1 aromatic heterocycles. The second-order valence-corrected chi connectivity index (χ2v) is 3.74. The van der Waals surface area contributed by atoms with E-state index in [-0.39, 0.29) is 0 Å². The summed E-state index contributed by atoms with van der Waals surface area (Å²) in [5.74, 6) is 4.84. The van der Waals surface area contributed by atoms with Gasteiger partial charge in [0.2, 0.25) is 0 Å². The molecule has 1 N–H and O–H groups in total. The Balaban J connectivity index is 2.10. The van der Waals surface area contributed by atoms with Gasteiger partial charge in [-0.3, -0.25) is 0 Å². The Labute approximate surface area is 89.9 Å². The van der Waals surface area contributed by atoms with Crippen LogP contribution in [0, 0.1) is 18.3 Å². The zero-order valence-corrected chi connectivity index (χ0v) is 8.79. The van der Waals surface area contributed by atoms with Crippen molar-refractivity contribution in [3.8, 4) is 18.1 Å². The molecule has 3 heteroatoms. The summed E-state index contributed by atoms with van der Waals surface area (Å²) in [6, 6.07) is 1.82. The van der Waals surface area contributed by atoms with Gasteiger partial charge >= 0.3 is 0 Å². The van der Waals surface area contributed by atoms with E-state index >= 15 is 0 Å². The van der Waals surface area contributed by atoms with E-state index in [1.165, 1.54) is 12.8 Å². The zero-order chi connectivity index (χ0) is 10.7. The first-order valence-electron chi connectivity index (χ1n) is 5.08. The zero-order valence-electron chi connectivity index (χ0n) is 8.79. The first-order valence-corrected chi connectivity index (χ1v) is 5.08. The summed E-state index contributed by atoms with van der Waals surface area (Å²) in [5.41, 5.74) is 0.740. The molecular weight excluding hydrogens is 188 g/mol.